The fourth-order valence-electron chi connectivity index (χ4n) is 3.64. The first-order valence-electron chi connectivity index (χ1n) is 11.9. The number of phenols is 1. The van der Waals surface area contributed by atoms with Crippen LogP contribution in [0, 0.1) is 0 Å². The quantitative estimate of drug-likeness (QED) is 0.223. The van der Waals surface area contributed by atoms with Crippen molar-refractivity contribution in [2.75, 3.05) is 39.9 Å². The van der Waals surface area contributed by atoms with Crippen molar-refractivity contribution in [3.63, 3.8) is 0 Å². The van der Waals surface area contributed by atoms with E-state index in [0.717, 1.165) is 57.5 Å². The number of rotatable bonds is 17. The summed E-state index contributed by atoms with van der Waals surface area (Å²) in [4.78, 5) is 13.4. The van der Waals surface area contributed by atoms with Crippen molar-refractivity contribution in [2.45, 2.75) is 44.9 Å². The van der Waals surface area contributed by atoms with Gasteiger partial charge in [0.25, 0.3) is 0 Å². The number of nitrogens with one attached hydrogen (secondary N) is 1. The van der Waals surface area contributed by atoms with E-state index in [1.165, 1.54) is 6.07 Å². The van der Waals surface area contributed by atoms with Crippen molar-refractivity contribution in [1.29, 1.82) is 0 Å². The van der Waals surface area contributed by atoms with E-state index in [1.807, 2.05) is 25.2 Å². The van der Waals surface area contributed by atoms with Gasteiger partial charge >= 0.3 is 0 Å². The molecule has 2 rings (SSSR count). The summed E-state index contributed by atoms with van der Waals surface area (Å²) < 4.78 is 5.74. The summed E-state index contributed by atoms with van der Waals surface area (Å²) in [6.45, 7) is 3.96. The number of unbranched alkanes of at least 4 members (excludes halogenated alkanes) is 3. The zero-order chi connectivity index (χ0) is 24.8. The molecule has 0 aliphatic heterocycles. The number of nitrogens with two attached hydrogens (primary N) is 1. The molecule has 0 bridgehead atoms. The van der Waals surface area contributed by atoms with Gasteiger partial charge in [-0.25, -0.2) is 0 Å². The Balaban J connectivity index is 1.45. The Morgan fingerprint density at radius 2 is 1.91 bits per heavy atom. The third-order valence-corrected chi connectivity index (χ3v) is 5.67. The lowest BCUT2D eigenvalue weighted by Crippen LogP contribution is -2.23. The summed E-state index contributed by atoms with van der Waals surface area (Å²) in [6.07, 6.45) is 3.56. The number of carbonyl (C=O) groups excluding carboxylic acids is 1. The van der Waals surface area contributed by atoms with Gasteiger partial charge < -0.3 is 31.1 Å². The van der Waals surface area contributed by atoms with Gasteiger partial charge in [0.15, 0.2) is 0 Å². The second-order valence-corrected chi connectivity index (χ2v) is 8.60. The number of aromatic hydroxyl groups is 1. The molecule has 2 aromatic carbocycles. The van der Waals surface area contributed by atoms with Crippen LogP contribution >= 0.6 is 0 Å². The summed E-state index contributed by atoms with van der Waals surface area (Å²) >= 11 is 0. The molecule has 0 aromatic heterocycles. The SMILES string of the molecule is CN(CCOCCCCCCNCC(O)c1ccc(O)c(CO)c1)Cc1cccc(C(N)=O)c1. The summed E-state index contributed by atoms with van der Waals surface area (Å²) in [5.41, 5.74) is 8.01. The molecular weight excluding hydrogens is 434 g/mol. The van der Waals surface area contributed by atoms with Gasteiger partial charge in [0.1, 0.15) is 5.75 Å². The molecule has 0 saturated heterocycles. The van der Waals surface area contributed by atoms with E-state index >= 15 is 0 Å². The predicted molar refractivity (Wildman–Crippen MR) is 132 cm³/mol. The second-order valence-electron chi connectivity index (χ2n) is 8.60. The summed E-state index contributed by atoms with van der Waals surface area (Å²) in [5.74, 6) is -0.373. The van der Waals surface area contributed by atoms with Crippen LogP contribution in [0.2, 0.25) is 0 Å². The Labute approximate surface area is 202 Å². The molecule has 6 N–H and O–H groups in total. The maximum absolute atomic E-state index is 11.3. The normalized spacial score (nSPS) is 12.2. The number of carbonyl (C=O) groups is 1. The van der Waals surface area contributed by atoms with Gasteiger partial charge in [0.05, 0.1) is 19.3 Å². The molecule has 0 saturated carbocycles. The van der Waals surface area contributed by atoms with E-state index in [1.54, 1.807) is 18.2 Å². The molecular formula is C26H39N3O5. The zero-order valence-electron chi connectivity index (χ0n) is 20.1. The van der Waals surface area contributed by atoms with Gasteiger partial charge in [-0.05, 0) is 61.8 Å². The lowest BCUT2D eigenvalue weighted by Gasteiger charge is -2.17. The van der Waals surface area contributed by atoms with Crippen LogP contribution in [-0.4, -0.2) is 66.0 Å². The van der Waals surface area contributed by atoms with Crippen molar-refractivity contribution in [3.05, 3.63) is 64.7 Å². The van der Waals surface area contributed by atoms with E-state index in [9.17, 15) is 20.1 Å². The average Bonchev–Trinajstić information content (AvgIpc) is 2.82. The number of aliphatic hydroxyl groups is 2. The number of hydrogen-bond donors (Lipinski definition) is 5. The van der Waals surface area contributed by atoms with Gasteiger partial charge in [-0.3, -0.25) is 9.69 Å². The van der Waals surface area contributed by atoms with Crippen LogP contribution in [0.15, 0.2) is 42.5 Å². The molecule has 8 heteroatoms. The van der Waals surface area contributed by atoms with Gasteiger partial charge in [-0.1, -0.05) is 31.0 Å². The average molecular weight is 474 g/mol. The number of amides is 1. The Morgan fingerprint density at radius 1 is 1.12 bits per heavy atom. The molecule has 0 aliphatic rings. The minimum Gasteiger partial charge on any atom is -0.508 e. The number of aliphatic hydroxyl groups excluding tert-OH is 2. The lowest BCUT2D eigenvalue weighted by atomic mass is 10.1. The molecule has 0 aliphatic carbocycles. The smallest absolute Gasteiger partial charge is 0.248 e. The standard InChI is InChI=1S/C26H39N3O5/c1-29(18-20-7-6-8-22(15-20)26(27)33)12-14-34-13-5-3-2-4-11-28-17-25(32)21-9-10-24(31)23(16-21)19-30/h6-10,15-16,25,28,30-32H,2-5,11-14,17-19H2,1H3,(H2,27,33). The van der Waals surface area contributed by atoms with Gasteiger partial charge in [0, 0.05) is 37.4 Å². The molecule has 0 radical (unpaired) electrons. The molecule has 8 nitrogen and oxygen atoms in total. The second kappa shape index (κ2) is 15.4. The molecule has 2 aromatic rings. The van der Waals surface area contributed by atoms with Crippen molar-refractivity contribution < 1.29 is 24.9 Å². The molecule has 0 spiro atoms. The molecule has 1 atom stereocenters. The summed E-state index contributed by atoms with van der Waals surface area (Å²) in [5, 5.41) is 32.3. The van der Waals surface area contributed by atoms with Crippen LogP contribution in [0.25, 0.3) is 0 Å². The van der Waals surface area contributed by atoms with Crippen LogP contribution in [0.3, 0.4) is 0 Å². The Morgan fingerprint density at radius 3 is 2.68 bits per heavy atom. The molecule has 0 heterocycles. The number of ether oxygens (including phenoxy) is 1. The number of benzene rings is 2. The first-order valence-corrected chi connectivity index (χ1v) is 11.9. The van der Waals surface area contributed by atoms with Crippen molar-refractivity contribution in [2.24, 2.45) is 5.73 Å². The van der Waals surface area contributed by atoms with Gasteiger partial charge in [-0.15, -0.1) is 0 Å². The van der Waals surface area contributed by atoms with Crippen LogP contribution in [0.5, 0.6) is 5.75 Å². The monoisotopic (exact) mass is 473 g/mol. The summed E-state index contributed by atoms with van der Waals surface area (Å²) in [7, 11) is 2.03. The highest BCUT2D eigenvalue weighted by molar-refractivity contribution is 5.92. The molecule has 34 heavy (non-hydrogen) atoms. The Hall–Kier alpha value is -2.49. The largest absolute Gasteiger partial charge is 0.508 e. The number of likely N-dealkylation sites (N-methyl/N-ethyl adjacent to an activating group) is 1. The van der Waals surface area contributed by atoms with Crippen LogP contribution in [0.1, 0.15) is 58.8 Å². The topological polar surface area (TPSA) is 128 Å². The maximum Gasteiger partial charge on any atom is 0.248 e. The van der Waals surface area contributed by atoms with E-state index in [-0.39, 0.29) is 12.4 Å². The number of hydrogen-bond acceptors (Lipinski definition) is 7. The minimum absolute atomic E-state index is 0.0368. The molecule has 1 amide bonds. The first-order chi connectivity index (χ1) is 16.4. The maximum atomic E-state index is 11.3. The van der Waals surface area contributed by atoms with E-state index in [0.29, 0.717) is 29.8 Å². The van der Waals surface area contributed by atoms with Crippen LogP contribution in [0.4, 0.5) is 0 Å². The fourth-order valence-corrected chi connectivity index (χ4v) is 3.64. The summed E-state index contributed by atoms with van der Waals surface area (Å²) in [6, 6.07) is 12.2. The third-order valence-electron chi connectivity index (χ3n) is 5.67. The fraction of sp³-hybridized carbons (Fsp3) is 0.500. The van der Waals surface area contributed by atoms with Crippen molar-refractivity contribution in [1.82, 2.24) is 10.2 Å². The van der Waals surface area contributed by atoms with Crippen LogP contribution in [-0.2, 0) is 17.9 Å². The highest BCUT2D eigenvalue weighted by Crippen LogP contribution is 2.22. The highest BCUT2D eigenvalue weighted by Gasteiger charge is 2.10. The molecule has 1 unspecified atom stereocenters. The van der Waals surface area contributed by atoms with E-state index in [4.69, 9.17) is 10.5 Å². The molecule has 0 fully saturated rings. The van der Waals surface area contributed by atoms with E-state index < -0.39 is 12.0 Å². The van der Waals surface area contributed by atoms with Crippen LogP contribution < -0.4 is 11.1 Å². The first kappa shape index (κ1) is 27.8. The molecule has 188 valence electrons. The van der Waals surface area contributed by atoms with Gasteiger partial charge in [0.2, 0.25) is 5.91 Å². The Bertz CT molecular complexity index is 877. The third kappa shape index (κ3) is 10.2. The zero-order valence-corrected chi connectivity index (χ0v) is 20.1. The number of nitrogens with zero attached hydrogens (tertiary/aromatic N) is 1. The Kier molecular flexibility index (Phi) is 12.6. The number of primary amides is 1. The van der Waals surface area contributed by atoms with E-state index in [2.05, 4.69) is 10.2 Å². The van der Waals surface area contributed by atoms with Gasteiger partial charge in [-0.2, -0.15) is 0 Å². The lowest BCUT2D eigenvalue weighted by molar-refractivity contribution is 0.0999. The predicted octanol–water partition coefficient (Wildman–Crippen LogP) is 2.32. The highest BCUT2D eigenvalue weighted by atomic mass is 16.5. The minimum atomic E-state index is -0.676. The van der Waals surface area contributed by atoms with Crippen molar-refractivity contribution >= 4 is 5.91 Å². The van der Waals surface area contributed by atoms with Crippen molar-refractivity contribution in [3.8, 4) is 5.75 Å².